The van der Waals surface area contributed by atoms with Crippen molar-refractivity contribution in [1.82, 2.24) is 4.57 Å². The first-order valence-corrected chi connectivity index (χ1v) is 6.67. The van der Waals surface area contributed by atoms with E-state index < -0.39 is 0 Å². The number of aryl methyl sites for hydroxylation is 1. The van der Waals surface area contributed by atoms with E-state index >= 15 is 0 Å². The van der Waals surface area contributed by atoms with Crippen LogP contribution >= 0.6 is 0 Å². The number of hydrogen-bond donors (Lipinski definition) is 1. The van der Waals surface area contributed by atoms with Gasteiger partial charge in [0.25, 0.3) is 0 Å². The summed E-state index contributed by atoms with van der Waals surface area (Å²) >= 11 is 0. The number of nitrogens with zero attached hydrogens (tertiary/aromatic N) is 1. The van der Waals surface area contributed by atoms with Gasteiger partial charge < -0.3 is 15.0 Å². The maximum Gasteiger partial charge on any atom is 0.355 e. The van der Waals surface area contributed by atoms with E-state index in [0.717, 1.165) is 12.8 Å². The largest absolute Gasteiger partial charge is 0.458 e. The number of rotatable bonds is 7. The molecule has 0 aliphatic heterocycles. The van der Waals surface area contributed by atoms with E-state index in [9.17, 15) is 4.79 Å². The van der Waals surface area contributed by atoms with E-state index in [2.05, 4.69) is 6.92 Å². The highest BCUT2D eigenvalue weighted by Crippen LogP contribution is 2.13. The molecule has 2 N–H and O–H groups in total. The molecule has 0 spiro atoms. The number of carbonyl (C=O) groups is 1. The monoisotopic (exact) mass is 252 g/mol. The maximum absolute atomic E-state index is 11.9. The number of ether oxygens (including phenoxy) is 1. The van der Waals surface area contributed by atoms with Crippen LogP contribution in [-0.2, 0) is 11.8 Å². The van der Waals surface area contributed by atoms with Crippen LogP contribution in [-0.4, -0.2) is 16.6 Å². The number of hydrogen-bond acceptors (Lipinski definition) is 3. The summed E-state index contributed by atoms with van der Waals surface area (Å²) in [6, 6.07) is 1.64. The van der Waals surface area contributed by atoms with Gasteiger partial charge in [0, 0.05) is 13.2 Å². The summed E-state index contributed by atoms with van der Waals surface area (Å²) in [6.45, 7) is 4.12. The third kappa shape index (κ3) is 4.43. The highest BCUT2D eigenvalue weighted by molar-refractivity contribution is 5.89. The Morgan fingerprint density at radius 2 is 2.17 bits per heavy atom. The highest BCUT2D eigenvalue weighted by atomic mass is 16.5. The van der Waals surface area contributed by atoms with Crippen LogP contribution in [0.25, 0.3) is 0 Å². The summed E-state index contributed by atoms with van der Waals surface area (Å²) in [5.41, 5.74) is 6.72. The molecule has 1 aromatic rings. The van der Waals surface area contributed by atoms with E-state index in [1.54, 1.807) is 23.9 Å². The molecule has 0 aromatic carbocycles. The molecule has 0 aliphatic carbocycles. The number of aromatic nitrogens is 1. The van der Waals surface area contributed by atoms with Crippen LogP contribution in [0.4, 0.5) is 5.69 Å². The SMILES string of the molecule is CCCCCCC(C)OC(=O)c1cc(N)cn1C. The first kappa shape index (κ1) is 14.6. The van der Waals surface area contributed by atoms with Crippen molar-refractivity contribution in [1.29, 1.82) is 0 Å². The molecule has 0 saturated carbocycles. The van der Waals surface area contributed by atoms with Gasteiger partial charge in [0.05, 0.1) is 11.8 Å². The Morgan fingerprint density at radius 3 is 2.72 bits per heavy atom. The Bertz CT molecular complexity index is 385. The van der Waals surface area contributed by atoms with Crippen LogP contribution in [0.5, 0.6) is 0 Å². The van der Waals surface area contributed by atoms with Gasteiger partial charge in [-0.25, -0.2) is 4.79 Å². The number of esters is 1. The fraction of sp³-hybridized carbons (Fsp3) is 0.643. The molecule has 102 valence electrons. The maximum atomic E-state index is 11.9. The lowest BCUT2D eigenvalue weighted by Crippen LogP contribution is -2.17. The normalized spacial score (nSPS) is 12.4. The van der Waals surface area contributed by atoms with Crippen LogP contribution in [0.2, 0.25) is 0 Å². The van der Waals surface area contributed by atoms with E-state index in [-0.39, 0.29) is 12.1 Å². The summed E-state index contributed by atoms with van der Waals surface area (Å²) in [7, 11) is 1.79. The zero-order valence-electron chi connectivity index (χ0n) is 11.6. The molecule has 0 saturated heterocycles. The molecule has 1 atom stereocenters. The van der Waals surface area contributed by atoms with Crippen molar-refractivity contribution < 1.29 is 9.53 Å². The van der Waals surface area contributed by atoms with Crippen molar-refractivity contribution in [3.8, 4) is 0 Å². The van der Waals surface area contributed by atoms with Gasteiger partial charge in [-0.2, -0.15) is 0 Å². The average Bonchev–Trinajstić information content (AvgIpc) is 2.64. The average molecular weight is 252 g/mol. The molecule has 0 bridgehead atoms. The number of nitrogens with two attached hydrogens (primary N) is 1. The van der Waals surface area contributed by atoms with Gasteiger partial charge in [-0.15, -0.1) is 0 Å². The zero-order valence-corrected chi connectivity index (χ0v) is 11.6. The Kier molecular flexibility index (Phi) is 5.75. The van der Waals surface area contributed by atoms with Crippen molar-refractivity contribution >= 4 is 11.7 Å². The summed E-state index contributed by atoms with van der Waals surface area (Å²) in [4.78, 5) is 11.9. The third-order valence-electron chi connectivity index (χ3n) is 3.01. The summed E-state index contributed by atoms with van der Waals surface area (Å²) < 4.78 is 7.09. The van der Waals surface area contributed by atoms with E-state index in [1.165, 1.54) is 19.3 Å². The zero-order chi connectivity index (χ0) is 13.5. The molecule has 18 heavy (non-hydrogen) atoms. The van der Waals surface area contributed by atoms with Crippen LogP contribution < -0.4 is 5.73 Å². The van der Waals surface area contributed by atoms with Gasteiger partial charge in [-0.05, 0) is 25.8 Å². The minimum absolute atomic E-state index is 0.0366. The Hall–Kier alpha value is -1.45. The third-order valence-corrected chi connectivity index (χ3v) is 3.01. The van der Waals surface area contributed by atoms with E-state index in [1.807, 2.05) is 6.92 Å². The number of carbonyl (C=O) groups excluding carboxylic acids is 1. The summed E-state index contributed by atoms with van der Waals surface area (Å²) in [5, 5.41) is 0. The van der Waals surface area contributed by atoms with Gasteiger partial charge in [-0.1, -0.05) is 26.2 Å². The lowest BCUT2D eigenvalue weighted by atomic mass is 10.1. The van der Waals surface area contributed by atoms with Gasteiger partial charge in [0.1, 0.15) is 5.69 Å². The van der Waals surface area contributed by atoms with Crippen LogP contribution in [0, 0.1) is 0 Å². The molecular formula is C14H24N2O2. The predicted molar refractivity (Wildman–Crippen MR) is 73.5 cm³/mol. The molecule has 4 nitrogen and oxygen atoms in total. The molecule has 0 radical (unpaired) electrons. The minimum Gasteiger partial charge on any atom is -0.458 e. The second-order valence-electron chi connectivity index (χ2n) is 4.83. The molecule has 1 heterocycles. The number of anilines is 1. The van der Waals surface area contributed by atoms with Gasteiger partial charge in [-0.3, -0.25) is 0 Å². The lowest BCUT2D eigenvalue weighted by molar-refractivity contribution is 0.0308. The van der Waals surface area contributed by atoms with Crippen molar-refractivity contribution in [2.24, 2.45) is 7.05 Å². The van der Waals surface area contributed by atoms with Crippen LogP contribution in [0.1, 0.15) is 56.4 Å². The lowest BCUT2D eigenvalue weighted by Gasteiger charge is -2.13. The second-order valence-corrected chi connectivity index (χ2v) is 4.83. The quantitative estimate of drug-likeness (QED) is 0.599. The molecule has 0 amide bonds. The standard InChI is InChI=1S/C14H24N2O2/c1-4-5-6-7-8-11(2)18-14(17)13-9-12(15)10-16(13)3/h9-11H,4-8,15H2,1-3H3. The molecule has 1 rings (SSSR count). The fourth-order valence-electron chi connectivity index (χ4n) is 1.95. The molecule has 1 unspecified atom stereocenters. The number of nitrogen functional groups attached to an aromatic ring is 1. The van der Waals surface area contributed by atoms with Crippen molar-refractivity contribution in [3.05, 3.63) is 18.0 Å². The molecular weight excluding hydrogens is 228 g/mol. The van der Waals surface area contributed by atoms with E-state index in [4.69, 9.17) is 10.5 Å². The highest BCUT2D eigenvalue weighted by Gasteiger charge is 2.15. The second kappa shape index (κ2) is 7.09. The number of unbranched alkanes of at least 4 members (excludes halogenated alkanes) is 3. The van der Waals surface area contributed by atoms with E-state index in [0.29, 0.717) is 11.4 Å². The fourth-order valence-corrected chi connectivity index (χ4v) is 1.95. The Morgan fingerprint density at radius 1 is 1.44 bits per heavy atom. The van der Waals surface area contributed by atoms with Crippen molar-refractivity contribution in [2.75, 3.05) is 5.73 Å². The molecule has 4 heteroatoms. The first-order chi connectivity index (χ1) is 8.54. The van der Waals surface area contributed by atoms with Crippen LogP contribution in [0.15, 0.2) is 12.3 Å². The summed E-state index contributed by atoms with van der Waals surface area (Å²) in [5.74, 6) is -0.294. The molecule has 0 fully saturated rings. The van der Waals surface area contributed by atoms with Gasteiger partial charge in [0.15, 0.2) is 0 Å². The Balaban J connectivity index is 2.37. The van der Waals surface area contributed by atoms with Crippen LogP contribution in [0.3, 0.4) is 0 Å². The molecule has 1 aromatic heterocycles. The van der Waals surface area contributed by atoms with Crippen molar-refractivity contribution in [2.45, 2.75) is 52.1 Å². The predicted octanol–water partition coefficient (Wildman–Crippen LogP) is 3.12. The minimum atomic E-state index is -0.294. The topological polar surface area (TPSA) is 57.2 Å². The van der Waals surface area contributed by atoms with Crippen molar-refractivity contribution in [3.63, 3.8) is 0 Å². The van der Waals surface area contributed by atoms with Gasteiger partial charge >= 0.3 is 5.97 Å². The first-order valence-electron chi connectivity index (χ1n) is 6.67. The van der Waals surface area contributed by atoms with Gasteiger partial charge in [0.2, 0.25) is 0 Å². The molecule has 0 aliphatic rings. The Labute approximate surface area is 109 Å². The smallest absolute Gasteiger partial charge is 0.355 e. The summed E-state index contributed by atoms with van der Waals surface area (Å²) in [6.07, 6.45) is 7.37.